The number of phenols is 1. The van der Waals surface area contributed by atoms with E-state index in [0.717, 1.165) is 35.3 Å². The third-order valence-electron chi connectivity index (χ3n) is 5.64. The minimum atomic E-state index is -1.53. The van der Waals surface area contributed by atoms with Gasteiger partial charge < -0.3 is 14.8 Å². The van der Waals surface area contributed by atoms with Gasteiger partial charge in [-0.2, -0.15) is 0 Å². The van der Waals surface area contributed by atoms with Gasteiger partial charge in [0.2, 0.25) is 0 Å². The summed E-state index contributed by atoms with van der Waals surface area (Å²) in [6.45, 7) is 7.78. The Labute approximate surface area is 197 Å². The number of carboxylic acids is 1. The number of phenolic OH excluding ortho intramolecular Hbond substituents is 1. The van der Waals surface area contributed by atoms with Crippen LogP contribution < -0.4 is 0 Å². The van der Waals surface area contributed by atoms with Gasteiger partial charge in [-0.3, -0.25) is 4.79 Å². The van der Waals surface area contributed by atoms with Crippen molar-refractivity contribution >= 4 is 17.0 Å². The van der Waals surface area contributed by atoms with Gasteiger partial charge in [0.15, 0.2) is 0 Å². The van der Waals surface area contributed by atoms with Crippen molar-refractivity contribution in [2.45, 2.75) is 57.5 Å². The van der Waals surface area contributed by atoms with E-state index in [1.54, 1.807) is 24.5 Å². The van der Waals surface area contributed by atoms with Crippen molar-refractivity contribution in [2.75, 3.05) is 6.54 Å². The Morgan fingerprint density at radius 2 is 1.97 bits per heavy atom. The zero-order chi connectivity index (χ0) is 24.0. The van der Waals surface area contributed by atoms with E-state index in [-0.39, 0.29) is 18.1 Å². The Kier molecular flexibility index (Phi) is 8.41. The molecule has 7 nitrogen and oxygen atoms in total. The van der Waals surface area contributed by atoms with Crippen molar-refractivity contribution in [3.63, 3.8) is 0 Å². The zero-order valence-electron chi connectivity index (χ0n) is 19.3. The number of aryl methyl sites for hydroxylation is 2. The molecule has 0 fully saturated rings. The summed E-state index contributed by atoms with van der Waals surface area (Å²) in [6, 6.07) is 12.6. The van der Waals surface area contributed by atoms with Crippen molar-refractivity contribution < 1.29 is 19.2 Å². The number of imidazole rings is 1. The average Bonchev–Trinajstić information content (AvgIpc) is 3.27. The first-order valence-corrected chi connectivity index (χ1v) is 12.2. The van der Waals surface area contributed by atoms with E-state index in [2.05, 4.69) is 4.98 Å². The number of aromatic hydroxyl groups is 1. The first kappa shape index (κ1) is 24.7. The molecule has 3 rings (SSSR count). The molecule has 0 radical (unpaired) electrons. The van der Waals surface area contributed by atoms with Gasteiger partial charge in [-0.1, -0.05) is 37.3 Å². The van der Waals surface area contributed by atoms with Crippen LogP contribution in [0, 0.1) is 6.92 Å². The highest BCUT2D eigenvalue weighted by molar-refractivity contribution is 7.82. The molecule has 176 valence electrons. The highest BCUT2D eigenvalue weighted by Crippen LogP contribution is 2.30. The summed E-state index contributed by atoms with van der Waals surface area (Å²) in [5.41, 5.74) is 3.58. The fourth-order valence-electron chi connectivity index (χ4n) is 3.78. The lowest BCUT2D eigenvalue weighted by molar-refractivity contribution is -0.137. The van der Waals surface area contributed by atoms with Crippen LogP contribution in [-0.2, 0) is 28.9 Å². The van der Waals surface area contributed by atoms with Gasteiger partial charge in [0, 0.05) is 31.7 Å². The molecular formula is C25H31N3O4S. The van der Waals surface area contributed by atoms with Crippen LogP contribution in [0.2, 0.25) is 0 Å². The maximum absolute atomic E-state index is 13.3. The standard InChI is InChI=1S/C25H31N3O4S/c1-4-12-28(33(32)24-9-7-6-8-23(24)29)15-20-13-19(11-10-18(20)3)21(14-25(30)31)22-16-27(5-2)17-26-22/h6-11,13,16-17,21,29H,4-5,12,14-15H2,1-3H3,(H,30,31). The second-order valence-electron chi connectivity index (χ2n) is 8.05. The first-order chi connectivity index (χ1) is 15.8. The third-order valence-corrected chi connectivity index (χ3v) is 7.14. The fraction of sp³-hybridized carbons (Fsp3) is 0.360. The molecule has 0 aliphatic carbocycles. The summed E-state index contributed by atoms with van der Waals surface area (Å²) in [5.74, 6) is -1.25. The van der Waals surface area contributed by atoms with E-state index in [1.165, 1.54) is 6.07 Å². The molecule has 2 atom stereocenters. The molecule has 2 aromatic carbocycles. The number of benzene rings is 2. The van der Waals surface area contributed by atoms with Crippen LogP contribution in [0.4, 0.5) is 0 Å². The normalized spacial score (nSPS) is 13.2. The number of hydrogen-bond acceptors (Lipinski definition) is 4. The maximum atomic E-state index is 13.3. The van der Waals surface area contributed by atoms with Crippen molar-refractivity contribution in [1.29, 1.82) is 0 Å². The van der Waals surface area contributed by atoms with Gasteiger partial charge in [-0.25, -0.2) is 13.5 Å². The SMILES string of the molecule is CCCN(Cc1cc(C(CC(=O)O)c2cn(CC)cn2)ccc1C)S(=O)c1ccccc1O. The summed E-state index contributed by atoms with van der Waals surface area (Å²) < 4.78 is 17.0. The van der Waals surface area contributed by atoms with Gasteiger partial charge >= 0.3 is 5.97 Å². The van der Waals surface area contributed by atoms with Crippen molar-refractivity contribution in [2.24, 2.45) is 0 Å². The molecule has 0 saturated heterocycles. The number of nitrogens with zero attached hydrogens (tertiary/aromatic N) is 3. The fourth-order valence-corrected chi connectivity index (χ4v) is 5.11. The molecule has 0 amide bonds. The largest absolute Gasteiger partial charge is 0.507 e. The molecule has 2 unspecified atom stereocenters. The molecule has 0 bridgehead atoms. The van der Waals surface area contributed by atoms with E-state index in [0.29, 0.717) is 18.0 Å². The molecule has 1 heterocycles. The van der Waals surface area contributed by atoms with Crippen LogP contribution in [0.1, 0.15) is 55.0 Å². The number of carbonyl (C=O) groups is 1. The van der Waals surface area contributed by atoms with Crippen molar-refractivity contribution in [1.82, 2.24) is 13.9 Å². The number of carboxylic acid groups (broad SMARTS) is 1. The minimum absolute atomic E-state index is 0.00967. The number of rotatable bonds is 11. The number of para-hydroxylation sites is 1. The highest BCUT2D eigenvalue weighted by Gasteiger charge is 2.23. The Hall–Kier alpha value is -2.97. The molecule has 1 aromatic heterocycles. The molecule has 0 aliphatic heterocycles. The highest BCUT2D eigenvalue weighted by atomic mass is 32.2. The summed E-state index contributed by atoms with van der Waals surface area (Å²) in [7, 11) is -1.53. The van der Waals surface area contributed by atoms with E-state index in [4.69, 9.17) is 0 Å². The third kappa shape index (κ3) is 6.09. The Morgan fingerprint density at radius 3 is 2.61 bits per heavy atom. The van der Waals surface area contributed by atoms with Crippen molar-refractivity contribution in [3.05, 3.63) is 77.4 Å². The van der Waals surface area contributed by atoms with Gasteiger partial charge in [-0.05, 0) is 49.1 Å². The first-order valence-electron chi connectivity index (χ1n) is 11.1. The van der Waals surface area contributed by atoms with Crippen LogP contribution in [0.25, 0.3) is 0 Å². The number of hydrogen-bond donors (Lipinski definition) is 2. The van der Waals surface area contributed by atoms with Gasteiger partial charge in [0.05, 0.1) is 23.3 Å². The molecule has 33 heavy (non-hydrogen) atoms. The van der Waals surface area contributed by atoms with Gasteiger partial charge in [0.25, 0.3) is 0 Å². The predicted molar refractivity (Wildman–Crippen MR) is 128 cm³/mol. The van der Waals surface area contributed by atoms with Gasteiger partial charge in [0.1, 0.15) is 16.7 Å². The van der Waals surface area contributed by atoms with Crippen LogP contribution in [-0.4, -0.2) is 40.8 Å². The number of aliphatic carboxylic acids is 1. The molecule has 0 spiro atoms. The summed E-state index contributed by atoms with van der Waals surface area (Å²) >= 11 is 0. The van der Waals surface area contributed by atoms with Crippen LogP contribution >= 0.6 is 0 Å². The maximum Gasteiger partial charge on any atom is 0.304 e. The van der Waals surface area contributed by atoms with E-state index < -0.39 is 17.0 Å². The summed E-state index contributed by atoms with van der Waals surface area (Å²) in [6.07, 6.45) is 4.35. The van der Waals surface area contributed by atoms with Crippen molar-refractivity contribution in [3.8, 4) is 5.75 Å². The van der Waals surface area contributed by atoms with E-state index >= 15 is 0 Å². The molecule has 0 aliphatic rings. The molecule has 8 heteroatoms. The molecule has 0 saturated carbocycles. The molecular weight excluding hydrogens is 438 g/mol. The zero-order valence-corrected chi connectivity index (χ0v) is 20.1. The lowest BCUT2D eigenvalue weighted by Gasteiger charge is -2.23. The lowest BCUT2D eigenvalue weighted by atomic mass is 9.90. The average molecular weight is 470 g/mol. The van der Waals surface area contributed by atoms with Crippen LogP contribution in [0.15, 0.2) is 59.9 Å². The van der Waals surface area contributed by atoms with E-state index in [1.807, 2.05) is 54.0 Å². The number of aromatic nitrogens is 2. The molecule has 3 aromatic rings. The Morgan fingerprint density at radius 1 is 1.21 bits per heavy atom. The second kappa shape index (κ2) is 11.2. The van der Waals surface area contributed by atoms with Crippen LogP contribution in [0.3, 0.4) is 0 Å². The molecule has 2 N–H and O–H groups in total. The quantitative estimate of drug-likeness (QED) is 0.432. The topological polar surface area (TPSA) is 95.7 Å². The predicted octanol–water partition coefficient (Wildman–Crippen LogP) is 4.46. The lowest BCUT2D eigenvalue weighted by Crippen LogP contribution is -2.27. The Balaban J connectivity index is 1.94. The van der Waals surface area contributed by atoms with E-state index in [9.17, 15) is 19.2 Å². The second-order valence-corrected chi connectivity index (χ2v) is 9.50. The smallest absolute Gasteiger partial charge is 0.304 e. The summed E-state index contributed by atoms with van der Waals surface area (Å²) in [4.78, 5) is 16.5. The Bertz CT molecular complexity index is 1130. The van der Waals surface area contributed by atoms with Gasteiger partial charge in [-0.15, -0.1) is 0 Å². The monoisotopic (exact) mass is 469 g/mol. The minimum Gasteiger partial charge on any atom is -0.507 e. The summed E-state index contributed by atoms with van der Waals surface area (Å²) in [5, 5.41) is 19.7. The van der Waals surface area contributed by atoms with Crippen LogP contribution in [0.5, 0.6) is 5.75 Å².